The molecule has 4 heteroatoms. The van der Waals surface area contributed by atoms with E-state index in [0.29, 0.717) is 17.0 Å². The Morgan fingerprint density at radius 1 is 1.35 bits per heavy atom. The zero-order chi connectivity index (χ0) is 15.3. The number of aryl methyl sites for hydroxylation is 1. The van der Waals surface area contributed by atoms with E-state index in [1.807, 2.05) is 14.1 Å². The van der Waals surface area contributed by atoms with Crippen molar-refractivity contribution in [1.82, 2.24) is 10.2 Å². The Morgan fingerprint density at radius 2 is 2.00 bits per heavy atom. The fourth-order valence-corrected chi connectivity index (χ4v) is 2.24. The third-order valence-electron chi connectivity index (χ3n) is 3.10. The molecule has 20 heavy (non-hydrogen) atoms. The highest BCUT2D eigenvalue weighted by Gasteiger charge is 2.16. The van der Waals surface area contributed by atoms with Crippen LogP contribution in [0.1, 0.15) is 36.2 Å². The van der Waals surface area contributed by atoms with E-state index in [1.54, 1.807) is 13.0 Å². The standard InChI is InChI=1S/C16H25FN2O/c1-11(2)8-14(10-19(4)5)18-16(20)13-6-7-15(17)12(3)9-13/h6-7,9,11,14H,8,10H2,1-5H3,(H,18,20). The van der Waals surface area contributed by atoms with Crippen molar-refractivity contribution in [3.8, 4) is 0 Å². The number of rotatable bonds is 6. The lowest BCUT2D eigenvalue weighted by atomic mass is 10.0. The summed E-state index contributed by atoms with van der Waals surface area (Å²) in [7, 11) is 3.98. The molecule has 112 valence electrons. The van der Waals surface area contributed by atoms with Gasteiger partial charge in [0, 0.05) is 18.2 Å². The van der Waals surface area contributed by atoms with Gasteiger partial charge in [-0.05, 0) is 57.1 Å². The van der Waals surface area contributed by atoms with Gasteiger partial charge in [0.2, 0.25) is 0 Å². The third kappa shape index (κ3) is 5.29. The molecule has 0 fully saturated rings. The first-order chi connectivity index (χ1) is 9.29. The average molecular weight is 280 g/mol. The molecule has 0 bridgehead atoms. The highest BCUT2D eigenvalue weighted by Crippen LogP contribution is 2.11. The molecular weight excluding hydrogens is 255 g/mol. The summed E-state index contributed by atoms with van der Waals surface area (Å²) in [5.74, 6) is 0.0874. The van der Waals surface area contributed by atoms with Crippen LogP contribution in [0.3, 0.4) is 0 Å². The van der Waals surface area contributed by atoms with Crippen LogP contribution in [-0.2, 0) is 0 Å². The van der Waals surface area contributed by atoms with Crippen molar-refractivity contribution in [1.29, 1.82) is 0 Å². The number of nitrogens with zero attached hydrogens (tertiary/aromatic N) is 1. The van der Waals surface area contributed by atoms with Gasteiger partial charge in [0.15, 0.2) is 0 Å². The molecule has 1 rings (SSSR count). The molecule has 0 aliphatic carbocycles. The van der Waals surface area contributed by atoms with Gasteiger partial charge in [-0.2, -0.15) is 0 Å². The smallest absolute Gasteiger partial charge is 0.251 e. The topological polar surface area (TPSA) is 32.3 Å². The lowest BCUT2D eigenvalue weighted by molar-refractivity contribution is 0.0924. The summed E-state index contributed by atoms with van der Waals surface area (Å²) in [6.45, 7) is 6.73. The van der Waals surface area contributed by atoms with Crippen LogP contribution in [0.5, 0.6) is 0 Å². The highest BCUT2D eigenvalue weighted by atomic mass is 19.1. The van der Waals surface area contributed by atoms with E-state index >= 15 is 0 Å². The Morgan fingerprint density at radius 3 is 2.50 bits per heavy atom. The van der Waals surface area contributed by atoms with Crippen LogP contribution < -0.4 is 5.32 Å². The van der Waals surface area contributed by atoms with E-state index in [-0.39, 0.29) is 17.8 Å². The number of likely N-dealkylation sites (N-methyl/N-ethyl adjacent to an activating group) is 1. The molecule has 0 spiro atoms. The van der Waals surface area contributed by atoms with Crippen molar-refractivity contribution in [2.45, 2.75) is 33.2 Å². The molecule has 1 N–H and O–H groups in total. The lowest BCUT2D eigenvalue weighted by Gasteiger charge is -2.24. The van der Waals surface area contributed by atoms with Crippen LogP contribution in [0.2, 0.25) is 0 Å². The molecule has 0 saturated heterocycles. The number of halogens is 1. The third-order valence-corrected chi connectivity index (χ3v) is 3.10. The maximum Gasteiger partial charge on any atom is 0.251 e. The molecule has 1 atom stereocenters. The molecule has 0 heterocycles. The second kappa shape index (κ2) is 7.39. The maximum atomic E-state index is 13.2. The van der Waals surface area contributed by atoms with Gasteiger partial charge in [-0.3, -0.25) is 4.79 Å². The molecule has 3 nitrogen and oxygen atoms in total. The highest BCUT2D eigenvalue weighted by molar-refractivity contribution is 5.94. The summed E-state index contributed by atoms with van der Waals surface area (Å²) in [4.78, 5) is 14.3. The summed E-state index contributed by atoms with van der Waals surface area (Å²) < 4.78 is 13.2. The van der Waals surface area contributed by atoms with Crippen molar-refractivity contribution in [2.24, 2.45) is 5.92 Å². The predicted octanol–water partition coefficient (Wildman–Crippen LogP) is 2.84. The molecular formula is C16H25FN2O. The summed E-state index contributed by atoms with van der Waals surface area (Å²) in [5, 5.41) is 3.04. The lowest BCUT2D eigenvalue weighted by Crippen LogP contribution is -2.42. The number of hydrogen-bond donors (Lipinski definition) is 1. The van der Waals surface area contributed by atoms with E-state index < -0.39 is 0 Å². The first-order valence-corrected chi connectivity index (χ1v) is 7.01. The number of benzene rings is 1. The molecule has 0 aliphatic rings. The van der Waals surface area contributed by atoms with E-state index in [1.165, 1.54) is 12.1 Å². The summed E-state index contributed by atoms with van der Waals surface area (Å²) >= 11 is 0. The minimum absolute atomic E-state index is 0.0999. The zero-order valence-electron chi connectivity index (χ0n) is 13.0. The molecule has 1 aromatic carbocycles. The fraction of sp³-hybridized carbons (Fsp3) is 0.562. The van der Waals surface area contributed by atoms with E-state index in [9.17, 15) is 9.18 Å². The van der Waals surface area contributed by atoms with E-state index in [4.69, 9.17) is 0 Å². The van der Waals surface area contributed by atoms with Crippen LogP contribution >= 0.6 is 0 Å². The van der Waals surface area contributed by atoms with Gasteiger partial charge in [-0.15, -0.1) is 0 Å². The van der Waals surface area contributed by atoms with Crippen molar-refractivity contribution in [3.63, 3.8) is 0 Å². The number of nitrogens with one attached hydrogen (secondary N) is 1. The molecule has 1 amide bonds. The van der Waals surface area contributed by atoms with E-state index in [2.05, 4.69) is 24.1 Å². The Labute approximate surface area is 121 Å². The first-order valence-electron chi connectivity index (χ1n) is 7.01. The molecule has 0 radical (unpaired) electrons. The molecule has 0 saturated carbocycles. The van der Waals surface area contributed by atoms with Gasteiger partial charge in [0.05, 0.1) is 0 Å². The second-order valence-corrected chi connectivity index (χ2v) is 6.03. The monoisotopic (exact) mass is 280 g/mol. The van der Waals surface area contributed by atoms with Crippen LogP contribution in [0.4, 0.5) is 4.39 Å². The number of hydrogen-bond acceptors (Lipinski definition) is 2. The van der Waals surface area contributed by atoms with Crippen molar-refractivity contribution < 1.29 is 9.18 Å². The van der Waals surface area contributed by atoms with Crippen LogP contribution in [-0.4, -0.2) is 37.5 Å². The average Bonchev–Trinajstić information content (AvgIpc) is 2.30. The number of carbonyl (C=O) groups is 1. The number of carbonyl (C=O) groups excluding carboxylic acids is 1. The summed E-state index contributed by atoms with van der Waals surface area (Å²) in [6, 6.07) is 4.56. The normalized spacial score (nSPS) is 12.8. The van der Waals surface area contributed by atoms with Gasteiger partial charge >= 0.3 is 0 Å². The predicted molar refractivity (Wildman–Crippen MR) is 80.4 cm³/mol. The minimum Gasteiger partial charge on any atom is -0.348 e. The SMILES string of the molecule is Cc1cc(C(=O)NC(CC(C)C)CN(C)C)ccc1F. The van der Waals surface area contributed by atoms with Crippen molar-refractivity contribution in [3.05, 3.63) is 35.1 Å². The van der Waals surface area contributed by atoms with Gasteiger partial charge < -0.3 is 10.2 Å². The minimum atomic E-state index is -0.284. The van der Waals surface area contributed by atoms with Gasteiger partial charge in [-0.1, -0.05) is 13.8 Å². The van der Waals surface area contributed by atoms with Gasteiger partial charge in [0.25, 0.3) is 5.91 Å². The largest absolute Gasteiger partial charge is 0.348 e. The van der Waals surface area contributed by atoms with Gasteiger partial charge in [0.1, 0.15) is 5.82 Å². The summed E-state index contributed by atoms with van der Waals surface area (Å²) in [6.07, 6.45) is 0.921. The molecule has 0 aliphatic heterocycles. The molecule has 0 aromatic heterocycles. The summed E-state index contributed by atoms with van der Waals surface area (Å²) in [5.41, 5.74) is 1.00. The quantitative estimate of drug-likeness (QED) is 0.869. The maximum absolute atomic E-state index is 13.2. The second-order valence-electron chi connectivity index (χ2n) is 6.03. The van der Waals surface area contributed by atoms with Gasteiger partial charge in [-0.25, -0.2) is 4.39 Å². The first kappa shape index (κ1) is 16.6. The van der Waals surface area contributed by atoms with Crippen molar-refractivity contribution >= 4 is 5.91 Å². The Hall–Kier alpha value is -1.42. The fourth-order valence-electron chi connectivity index (χ4n) is 2.24. The Bertz CT molecular complexity index is 448. The Kier molecular flexibility index (Phi) is 6.14. The molecule has 1 aromatic rings. The Balaban J connectivity index is 2.76. The van der Waals surface area contributed by atoms with Crippen LogP contribution in [0, 0.1) is 18.7 Å². The number of amides is 1. The van der Waals surface area contributed by atoms with Crippen LogP contribution in [0.25, 0.3) is 0 Å². The zero-order valence-corrected chi connectivity index (χ0v) is 13.0. The van der Waals surface area contributed by atoms with E-state index in [0.717, 1.165) is 13.0 Å². The van der Waals surface area contributed by atoms with Crippen LogP contribution in [0.15, 0.2) is 18.2 Å². The van der Waals surface area contributed by atoms with Crippen molar-refractivity contribution in [2.75, 3.05) is 20.6 Å². The molecule has 1 unspecified atom stereocenters.